The topological polar surface area (TPSA) is 96.2 Å². The van der Waals surface area contributed by atoms with Crippen LogP contribution in [0.25, 0.3) is 10.3 Å². The number of thiazole rings is 1. The molecule has 0 aliphatic heterocycles. The molecule has 1 aliphatic rings. The summed E-state index contributed by atoms with van der Waals surface area (Å²) in [6.07, 6.45) is 3.60. The van der Waals surface area contributed by atoms with Gasteiger partial charge in [-0.3, -0.25) is 5.32 Å². The number of anilines is 3. The van der Waals surface area contributed by atoms with Gasteiger partial charge in [0.25, 0.3) is 0 Å². The van der Waals surface area contributed by atoms with E-state index in [9.17, 15) is 9.18 Å². The molecule has 1 fully saturated rings. The molecule has 3 aromatic rings. The first kappa shape index (κ1) is 20.8. The number of pyridine rings is 1. The third kappa shape index (κ3) is 4.63. The van der Waals surface area contributed by atoms with Gasteiger partial charge in [0.1, 0.15) is 22.0 Å². The summed E-state index contributed by atoms with van der Waals surface area (Å²) in [5.74, 6) is 0.126. The molecule has 10 heteroatoms. The van der Waals surface area contributed by atoms with Crippen LogP contribution in [0.2, 0.25) is 5.02 Å². The number of nitrogens with one attached hydrogen (secondary N) is 2. The Hall–Kier alpha value is -2.49. The lowest BCUT2D eigenvalue weighted by molar-refractivity contribution is 0.242. The van der Waals surface area contributed by atoms with E-state index in [0.717, 1.165) is 25.7 Å². The number of halogens is 2. The van der Waals surface area contributed by atoms with Crippen molar-refractivity contribution in [3.63, 3.8) is 0 Å². The molecule has 4 rings (SSSR count). The molecule has 1 aliphatic carbocycles. The molecule has 158 valence electrons. The number of amides is 2. The number of fused-ring (bicyclic) bond motifs is 1. The van der Waals surface area contributed by atoms with Gasteiger partial charge < -0.3 is 16.0 Å². The molecule has 2 heterocycles. The lowest BCUT2D eigenvalue weighted by Gasteiger charge is -2.26. The Kier molecular flexibility index (Phi) is 6.03. The zero-order valence-corrected chi connectivity index (χ0v) is 17.9. The minimum atomic E-state index is -0.432. The van der Waals surface area contributed by atoms with Crippen molar-refractivity contribution < 1.29 is 9.18 Å². The number of hydrogen-bond donors (Lipinski definition) is 3. The summed E-state index contributed by atoms with van der Waals surface area (Å²) in [4.78, 5) is 23.6. The van der Waals surface area contributed by atoms with Gasteiger partial charge in [-0.1, -0.05) is 22.9 Å². The van der Waals surface area contributed by atoms with Gasteiger partial charge in [-0.15, -0.1) is 0 Å². The van der Waals surface area contributed by atoms with Crippen LogP contribution >= 0.6 is 22.9 Å². The second-order valence-corrected chi connectivity index (χ2v) is 8.79. The molecule has 7 nitrogen and oxygen atoms in total. The zero-order valence-electron chi connectivity index (χ0n) is 16.4. The van der Waals surface area contributed by atoms with Gasteiger partial charge in [0.05, 0.1) is 5.69 Å². The van der Waals surface area contributed by atoms with Crippen LogP contribution in [0.15, 0.2) is 30.3 Å². The molecule has 0 saturated heterocycles. The van der Waals surface area contributed by atoms with Gasteiger partial charge in [-0.05, 0) is 56.0 Å². The molecule has 0 unspecified atom stereocenters. The van der Waals surface area contributed by atoms with Gasteiger partial charge in [0.15, 0.2) is 5.13 Å². The average Bonchev–Trinajstić information content (AvgIpc) is 3.10. The Bertz CT molecular complexity index is 1070. The van der Waals surface area contributed by atoms with Gasteiger partial charge in [0, 0.05) is 24.2 Å². The van der Waals surface area contributed by atoms with E-state index in [-0.39, 0.29) is 18.1 Å². The Morgan fingerprint density at radius 3 is 2.73 bits per heavy atom. The lowest BCUT2D eigenvalue weighted by atomic mass is 9.92. The van der Waals surface area contributed by atoms with Crippen LogP contribution in [-0.2, 0) is 0 Å². The van der Waals surface area contributed by atoms with E-state index in [1.165, 1.54) is 17.4 Å². The number of rotatable bonds is 4. The maximum absolute atomic E-state index is 14.2. The number of benzene rings is 1. The second-order valence-electron chi connectivity index (χ2n) is 7.38. The fourth-order valence-electron chi connectivity index (χ4n) is 3.51. The molecule has 2 aromatic heterocycles. The number of nitrogens with two attached hydrogens (primary N) is 1. The molecular weight excluding hydrogens is 427 g/mol. The van der Waals surface area contributed by atoms with Crippen molar-refractivity contribution in [2.24, 2.45) is 5.73 Å². The second kappa shape index (κ2) is 8.71. The van der Waals surface area contributed by atoms with Crippen LogP contribution in [0.4, 0.5) is 25.8 Å². The highest BCUT2D eigenvalue weighted by molar-refractivity contribution is 7.22. The first-order chi connectivity index (χ1) is 14.4. The zero-order chi connectivity index (χ0) is 21.3. The highest BCUT2D eigenvalue weighted by Gasteiger charge is 2.20. The quantitative estimate of drug-likeness (QED) is 0.540. The molecule has 30 heavy (non-hydrogen) atoms. The molecule has 4 N–H and O–H groups in total. The van der Waals surface area contributed by atoms with Crippen LogP contribution in [0.1, 0.15) is 25.7 Å². The Balaban J connectivity index is 1.46. The number of aromatic nitrogens is 2. The minimum Gasteiger partial charge on any atom is -0.335 e. The standard InChI is InChI=1S/C20H22ClFN6OS/c1-28(16-8-2-11(21)10-14(16)22)17-9-7-15-18(26-17)30-20(25-15)27-19(29)24-13-5-3-12(23)4-6-13/h2,7-10,12-13H,3-6,23H2,1H3,(H2,24,25,27,29). The summed E-state index contributed by atoms with van der Waals surface area (Å²) in [5.41, 5.74) is 6.93. The van der Waals surface area contributed by atoms with Crippen LogP contribution in [0, 0.1) is 5.82 Å². The van der Waals surface area contributed by atoms with E-state index in [4.69, 9.17) is 17.3 Å². The smallest absolute Gasteiger partial charge is 0.321 e. The number of hydrogen-bond acceptors (Lipinski definition) is 6. The maximum Gasteiger partial charge on any atom is 0.321 e. The van der Waals surface area contributed by atoms with Crippen molar-refractivity contribution in [1.29, 1.82) is 0 Å². The van der Waals surface area contributed by atoms with Crippen LogP contribution in [-0.4, -0.2) is 35.1 Å². The number of carbonyl (C=O) groups is 1. The largest absolute Gasteiger partial charge is 0.335 e. The van der Waals surface area contributed by atoms with Crippen molar-refractivity contribution >= 4 is 56.0 Å². The summed E-state index contributed by atoms with van der Waals surface area (Å²) in [7, 11) is 1.73. The van der Waals surface area contributed by atoms with E-state index in [2.05, 4.69) is 20.6 Å². The van der Waals surface area contributed by atoms with E-state index in [1.54, 1.807) is 36.2 Å². The van der Waals surface area contributed by atoms with E-state index >= 15 is 0 Å². The minimum absolute atomic E-state index is 0.131. The lowest BCUT2D eigenvalue weighted by Crippen LogP contribution is -2.42. The molecule has 0 bridgehead atoms. The summed E-state index contributed by atoms with van der Waals surface area (Å²) >= 11 is 7.10. The third-order valence-electron chi connectivity index (χ3n) is 5.18. The Labute approximate surface area is 182 Å². The van der Waals surface area contributed by atoms with E-state index < -0.39 is 5.82 Å². The van der Waals surface area contributed by atoms with E-state index in [1.807, 2.05) is 0 Å². The molecule has 1 saturated carbocycles. The van der Waals surface area contributed by atoms with Gasteiger partial charge in [-0.2, -0.15) is 0 Å². The van der Waals surface area contributed by atoms with Crippen molar-refractivity contribution in [2.45, 2.75) is 37.8 Å². The highest BCUT2D eigenvalue weighted by atomic mass is 35.5. The van der Waals surface area contributed by atoms with E-state index in [0.29, 0.717) is 32.0 Å². The van der Waals surface area contributed by atoms with Gasteiger partial charge >= 0.3 is 6.03 Å². The van der Waals surface area contributed by atoms with Gasteiger partial charge in [-0.25, -0.2) is 19.2 Å². The van der Waals surface area contributed by atoms with Gasteiger partial charge in [0.2, 0.25) is 0 Å². The predicted molar refractivity (Wildman–Crippen MR) is 119 cm³/mol. The normalized spacial score (nSPS) is 18.9. The fraction of sp³-hybridized carbons (Fsp3) is 0.350. The maximum atomic E-state index is 14.2. The van der Waals surface area contributed by atoms with Crippen LogP contribution < -0.4 is 21.3 Å². The van der Waals surface area contributed by atoms with Crippen molar-refractivity contribution in [2.75, 3.05) is 17.3 Å². The molecule has 0 radical (unpaired) electrons. The summed E-state index contributed by atoms with van der Waals surface area (Å²) in [6.45, 7) is 0. The first-order valence-electron chi connectivity index (χ1n) is 9.68. The number of nitrogens with zero attached hydrogens (tertiary/aromatic N) is 3. The Morgan fingerprint density at radius 2 is 2.00 bits per heavy atom. The third-order valence-corrected chi connectivity index (χ3v) is 6.30. The summed E-state index contributed by atoms with van der Waals surface area (Å²) in [6, 6.07) is 8.12. The average molecular weight is 449 g/mol. The van der Waals surface area contributed by atoms with Crippen molar-refractivity contribution in [3.8, 4) is 0 Å². The number of carbonyl (C=O) groups excluding carboxylic acids is 1. The molecule has 1 aromatic carbocycles. The first-order valence-corrected chi connectivity index (χ1v) is 10.9. The van der Waals surface area contributed by atoms with Crippen molar-refractivity contribution in [1.82, 2.24) is 15.3 Å². The summed E-state index contributed by atoms with van der Waals surface area (Å²) < 4.78 is 14.2. The van der Waals surface area contributed by atoms with Crippen LogP contribution in [0.3, 0.4) is 0 Å². The SMILES string of the molecule is CN(c1ccc2nc(NC(=O)NC3CCC(N)CC3)sc2n1)c1ccc(Cl)cc1F. The van der Waals surface area contributed by atoms with Crippen molar-refractivity contribution in [3.05, 3.63) is 41.2 Å². The summed E-state index contributed by atoms with van der Waals surface area (Å²) in [5, 5.41) is 6.55. The number of urea groups is 1. The highest BCUT2D eigenvalue weighted by Crippen LogP contribution is 2.31. The van der Waals surface area contributed by atoms with Crippen LogP contribution in [0.5, 0.6) is 0 Å². The monoisotopic (exact) mass is 448 g/mol. The molecular formula is C20H22ClFN6OS. The fourth-order valence-corrected chi connectivity index (χ4v) is 4.49. The molecule has 0 atom stereocenters. The predicted octanol–water partition coefficient (Wildman–Crippen LogP) is 4.64. The molecule has 0 spiro atoms. The Morgan fingerprint density at radius 1 is 1.23 bits per heavy atom. The molecule has 2 amide bonds.